The summed E-state index contributed by atoms with van der Waals surface area (Å²) in [5.41, 5.74) is 0.159. The van der Waals surface area contributed by atoms with Crippen LogP contribution in [-0.2, 0) is 20.9 Å². The average molecular weight is 361 g/mol. The summed E-state index contributed by atoms with van der Waals surface area (Å²) in [5.74, 6) is -0.776. The SMILES string of the molecule is C=CCNC(=O)[C@H](C)Sc1nc2ccccc2c(=O)n1CC(=O)OC. The molecule has 0 saturated heterocycles. The van der Waals surface area contributed by atoms with Crippen LogP contribution in [0, 0.1) is 0 Å². The van der Waals surface area contributed by atoms with Crippen LogP contribution in [0.15, 0.2) is 46.9 Å². The van der Waals surface area contributed by atoms with Gasteiger partial charge in [-0.25, -0.2) is 4.98 Å². The number of nitrogens with one attached hydrogen (secondary N) is 1. The molecule has 25 heavy (non-hydrogen) atoms. The van der Waals surface area contributed by atoms with Crippen molar-refractivity contribution in [3.63, 3.8) is 0 Å². The summed E-state index contributed by atoms with van der Waals surface area (Å²) >= 11 is 1.11. The zero-order valence-electron chi connectivity index (χ0n) is 14.0. The van der Waals surface area contributed by atoms with E-state index in [-0.39, 0.29) is 23.2 Å². The van der Waals surface area contributed by atoms with Crippen LogP contribution < -0.4 is 10.9 Å². The lowest BCUT2D eigenvalue weighted by molar-refractivity contribution is -0.141. The number of benzene rings is 1. The molecular weight excluding hydrogens is 342 g/mol. The Bertz CT molecular complexity index is 863. The van der Waals surface area contributed by atoms with Gasteiger partial charge in [-0.1, -0.05) is 30.0 Å². The molecule has 0 aliphatic carbocycles. The van der Waals surface area contributed by atoms with Crippen molar-refractivity contribution in [2.75, 3.05) is 13.7 Å². The van der Waals surface area contributed by atoms with Crippen molar-refractivity contribution in [1.82, 2.24) is 14.9 Å². The maximum absolute atomic E-state index is 12.7. The highest BCUT2D eigenvalue weighted by Gasteiger charge is 2.20. The summed E-state index contributed by atoms with van der Waals surface area (Å²) in [7, 11) is 1.25. The molecule has 7 nitrogen and oxygen atoms in total. The lowest BCUT2D eigenvalue weighted by Crippen LogP contribution is -2.32. The van der Waals surface area contributed by atoms with Gasteiger partial charge in [-0.05, 0) is 19.1 Å². The number of hydrogen-bond donors (Lipinski definition) is 1. The van der Waals surface area contributed by atoms with Crippen molar-refractivity contribution in [2.45, 2.75) is 23.9 Å². The fourth-order valence-electron chi connectivity index (χ4n) is 2.10. The number of hydrogen-bond acceptors (Lipinski definition) is 6. The first-order valence-electron chi connectivity index (χ1n) is 7.59. The molecule has 0 fully saturated rings. The second kappa shape index (κ2) is 8.48. The fourth-order valence-corrected chi connectivity index (χ4v) is 3.03. The van der Waals surface area contributed by atoms with Gasteiger partial charge in [-0.15, -0.1) is 6.58 Å². The Hall–Kier alpha value is -2.61. The number of aromatic nitrogens is 2. The molecule has 0 saturated carbocycles. The van der Waals surface area contributed by atoms with E-state index in [0.29, 0.717) is 17.4 Å². The minimum atomic E-state index is -0.565. The molecule has 0 aliphatic rings. The number of para-hydroxylation sites is 1. The molecule has 132 valence electrons. The molecule has 1 atom stereocenters. The van der Waals surface area contributed by atoms with Gasteiger partial charge >= 0.3 is 5.97 Å². The first-order chi connectivity index (χ1) is 12.0. The lowest BCUT2D eigenvalue weighted by Gasteiger charge is -2.15. The van der Waals surface area contributed by atoms with Crippen molar-refractivity contribution in [3.8, 4) is 0 Å². The molecule has 0 aliphatic heterocycles. The predicted octanol–water partition coefficient (Wildman–Crippen LogP) is 1.35. The summed E-state index contributed by atoms with van der Waals surface area (Å²) in [6.45, 7) is 5.33. The van der Waals surface area contributed by atoms with E-state index in [9.17, 15) is 14.4 Å². The van der Waals surface area contributed by atoms with E-state index in [1.54, 1.807) is 37.3 Å². The van der Waals surface area contributed by atoms with E-state index in [1.807, 2.05) is 0 Å². The van der Waals surface area contributed by atoms with Crippen LogP contribution in [0.4, 0.5) is 0 Å². The number of nitrogens with zero attached hydrogens (tertiary/aromatic N) is 2. The number of fused-ring (bicyclic) bond motifs is 1. The maximum Gasteiger partial charge on any atom is 0.325 e. The van der Waals surface area contributed by atoms with Crippen LogP contribution >= 0.6 is 11.8 Å². The zero-order valence-corrected chi connectivity index (χ0v) is 14.8. The summed E-state index contributed by atoms with van der Waals surface area (Å²) < 4.78 is 5.89. The fraction of sp³-hybridized carbons (Fsp3) is 0.294. The van der Waals surface area contributed by atoms with Gasteiger partial charge in [-0.3, -0.25) is 19.0 Å². The van der Waals surface area contributed by atoms with Gasteiger partial charge in [0, 0.05) is 6.54 Å². The highest BCUT2D eigenvalue weighted by Crippen LogP contribution is 2.22. The molecule has 8 heteroatoms. The molecule has 2 aromatic rings. The minimum Gasteiger partial charge on any atom is -0.468 e. The third kappa shape index (κ3) is 4.48. The van der Waals surface area contributed by atoms with Crippen LogP contribution in [0.1, 0.15) is 6.92 Å². The molecule has 2 rings (SSSR count). The van der Waals surface area contributed by atoms with Gasteiger partial charge < -0.3 is 10.1 Å². The summed E-state index contributed by atoms with van der Waals surface area (Å²) in [5, 5.41) is 2.88. The first-order valence-corrected chi connectivity index (χ1v) is 8.47. The van der Waals surface area contributed by atoms with Crippen molar-refractivity contribution < 1.29 is 14.3 Å². The van der Waals surface area contributed by atoms with E-state index >= 15 is 0 Å². The molecule has 0 radical (unpaired) electrons. The Kier molecular flexibility index (Phi) is 6.35. The Morgan fingerprint density at radius 1 is 1.44 bits per heavy atom. The van der Waals surface area contributed by atoms with Crippen LogP contribution in [0.25, 0.3) is 10.9 Å². The average Bonchev–Trinajstić information content (AvgIpc) is 2.62. The van der Waals surface area contributed by atoms with E-state index in [4.69, 9.17) is 0 Å². The van der Waals surface area contributed by atoms with Crippen LogP contribution in [0.3, 0.4) is 0 Å². The summed E-state index contributed by atoms with van der Waals surface area (Å²) in [6.07, 6.45) is 1.58. The highest BCUT2D eigenvalue weighted by molar-refractivity contribution is 8.00. The number of amides is 1. The van der Waals surface area contributed by atoms with Crippen LogP contribution in [-0.4, -0.2) is 40.3 Å². The van der Waals surface area contributed by atoms with Gasteiger partial charge in [0.2, 0.25) is 5.91 Å². The lowest BCUT2D eigenvalue weighted by atomic mass is 10.2. The van der Waals surface area contributed by atoms with Gasteiger partial charge in [0.15, 0.2) is 5.16 Å². The zero-order chi connectivity index (χ0) is 18.4. The molecule has 0 unspecified atom stereocenters. The monoisotopic (exact) mass is 361 g/mol. The van der Waals surface area contributed by atoms with Crippen LogP contribution in [0.5, 0.6) is 0 Å². The van der Waals surface area contributed by atoms with Gasteiger partial charge in [0.1, 0.15) is 6.54 Å². The third-order valence-electron chi connectivity index (χ3n) is 3.41. The topological polar surface area (TPSA) is 90.3 Å². The largest absolute Gasteiger partial charge is 0.468 e. The van der Waals surface area contributed by atoms with Crippen molar-refractivity contribution in [3.05, 3.63) is 47.3 Å². The van der Waals surface area contributed by atoms with Gasteiger partial charge in [0.25, 0.3) is 5.56 Å². The smallest absolute Gasteiger partial charge is 0.325 e. The molecular formula is C17H19N3O4S. The highest BCUT2D eigenvalue weighted by atomic mass is 32.2. The minimum absolute atomic E-state index is 0.211. The quantitative estimate of drug-likeness (QED) is 0.347. The van der Waals surface area contributed by atoms with E-state index in [1.165, 1.54) is 11.7 Å². The van der Waals surface area contributed by atoms with E-state index in [2.05, 4.69) is 21.6 Å². The second-order valence-corrected chi connectivity index (χ2v) is 6.48. The van der Waals surface area contributed by atoms with Crippen LogP contribution in [0.2, 0.25) is 0 Å². The molecule has 1 aromatic carbocycles. The molecule has 0 bridgehead atoms. The molecule has 1 aromatic heterocycles. The molecule has 1 N–H and O–H groups in total. The van der Waals surface area contributed by atoms with Crippen molar-refractivity contribution in [1.29, 1.82) is 0 Å². The van der Waals surface area contributed by atoms with Gasteiger partial charge in [0.05, 0.1) is 23.3 Å². The number of carbonyl (C=O) groups is 2. The maximum atomic E-state index is 12.7. The van der Waals surface area contributed by atoms with Crippen molar-refractivity contribution in [2.24, 2.45) is 0 Å². The first kappa shape index (κ1) is 18.7. The van der Waals surface area contributed by atoms with E-state index < -0.39 is 11.2 Å². The number of ether oxygens (including phenoxy) is 1. The van der Waals surface area contributed by atoms with Crippen molar-refractivity contribution >= 4 is 34.5 Å². The summed E-state index contributed by atoms with van der Waals surface area (Å²) in [6, 6.07) is 6.86. The number of rotatable bonds is 7. The Morgan fingerprint density at radius 3 is 2.84 bits per heavy atom. The van der Waals surface area contributed by atoms with E-state index in [0.717, 1.165) is 11.8 Å². The number of carbonyl (C=O) groups excluding carboxylic acids is 2. The molecule has 0 spiro atoms. The predicted molar refractivity (Wildman–Crippen MR) is 96.5 cm³/mol. The Balaban J connectivity index is 2.43. The third-order valence-corrected chi connectivity index (χ3v) is 4.50. The Morgan fingerprint density at radius 2 is 2.16 bits per heavy atom. The molecule has 1 heterocycles. The number of esters is 1. The number of thioether (sulfide) groups is 1. The molecule has 1 amide bonds. The standard InChI is InChI=1S/C17H19N3O4S/c1-4-9-18-15(22)11(2)25-17-19-13-8-6-5-7-12(13)16(23)20(17)10-14(21)24-3/h4-8,11H,1,9-10H2,2-3H3,(H,18,22)/t11-/m0/s1. The van der Waals surface area contributed by atoms with Gasteiger partial charge in [-0.2, -0.15) is 0 Å². The second-order valence-electron chi connectivity index (χ2n) is 5.17. The summed E-state index contributed by atoms with van der Waals surface area (Å²) in [4.78, 5) is 40.9. The Labute approximate surface area is 149 Å². The number of methoxy groups -OCH3 is 1. The normalized spacial score (nSPS) is 11.8.